The average molecular weight is 311 g/mol. The predicted molar refractivity (Wildman–Crippen MR) is 71.7 cm³/mol. The summed E-state index contributed by atoms with van der Waals surface area (Å²) in [5.41, 5.74) is 0.787. The van der Waals surface area contributed by atoms with E-state index >= 15 is 0 Å². The highest BCUT2D eigenvalue weighted by Gasteiger charge is 2.42. The lowest BCUT2D eigenvalue weighted by Gasteiger charge is -2.20. The minimum Gasteiger partial charge on any atom is -0.299 e. The molecule has 2 aliphatic carbocycles. The van der Waals surface area contributed by atoms with Gasteiger partial charge in [-0.2, -0.15) is 0 Å². The Kier molecular flexibility index (Phi) is 3.27. The van der Waals surface area contributed by atoms with E-state index in [1.807, 2.05) is 6.07 Å². The molecule has 0 aliphatic heterocycles. The molecule has 0 N–H and O–H groups in total. The van der Waals surface area contributed by atoms with Crippen molar-refractivity contribution in [1.82, 2.24) is 0 Å². The van der Waals surface area contributed by atoms with Gasteiger partial charge in [0.1, 0.15) is 11.6 Å². The maximum Gasteiger partial charge on any atom is 0.140 e. The number of benzene rings is 1. The van der Waals surface area contributed by atoms with Crippen molar-refractivity contribution in [3.63, 3.8) is 0 Å². The molecule has 18 heavy (non-hydrogen) atoms. The van der Waals surface area contributed by atoms with E-state index in [1.54, 1.807) is 0 Å². The number of hydrogen-bond acceptors (Lipinski definition) is 1. The number of fused-ring (bicyclic) bond motifs is 2. The number of carbonyl (C=O) groups is 1. The first-order chi connectivity index (χ1) is 8.61. The van der Waals surface area contributed by atoms with Crippen LogP contribution in [-0.4, -0.2) is 5.78 Å². The SMILES string of the molecule is O=C(Cc1cc(F)cc(Br)c1)C1CC2CCC1C2. The first-order valence-electron chi connectivity index (χ1n) is 6.59. The highest BCUT2D eigenvalue weighted by Crippen LogP contribution is 2.48. The van der Waals surface area contributed by atoms with Crippen molar-refractivity contribution in [2.24, 2.45) is 17.8 Å². The maximum absolute atomic E-state index is 13.3. The Morgan fingerprint density at radius 2 is 2.11 bits per heavy atom. The molecule has 0 aromatic heterocycles. The van der Waals surface area contributed by atoms with Crippen molar-refractivity contribution in [1.29, 1.82) is 0 Å². The minimum atomic E-state index is -0.278. The Morgan fingerprint density at radius 3 is 2.72 bits per heavy atom. The van der Waals surface area contributed by atoms with Gasteiger partial charge < -0.3 is 0 Å². The summed E-state index contributed by atoms with van der Waals surface area (Å²) in [6, 6.07) is 4.73. The van der Waals surface area contributed by atoms with Gasteiger partial charge in [-0.15, -0.1) is 0 Å². The third kappa shape index (κ3) is 2.37. The summed E-state index contributed by atoms with van der Waals surface area (Å²) in [5, 5.41) is 0. The summed E-state index contributed by atoms with van der Waals surface area (Å²) in [6.45, 7) is 0. The van der Waals surface area contributed by atoms with Gasteiger partial charge in [-0.1, -0.05) is 22.4 Å². The smallest absolute Gasteiger partial charge is 0.140 e. The summed E-state index contributed by atoms with van der Waals surface area (Å²) in [6.07, 6.45) is 5.21. The molecule has 2 saturated carbocycles. The second-order valence-electron chi connectivity index (χ2n) is 5.70. The topological polar surface area (TPSA) is 17.1 Å². The minimum absolute atomic E-state index is 0.241. The van der Waals surface area contributed by atoms with Crippen molar-refractivity contribution in [3.05, 3.63) is 34.1 Å². The Bertz CT molecular complexity index is 465. The van der Waals surface area contributed by atoms with Gasteiger partial charge in [-0.05, 0) is 54.9 Å². The van der Waals surface area contributed by atoms with Crippen molar-refractivity contribution >= 4 is 21.7 Å². The molecule has 2 bridgehead atoms. The van der Waals surface area contributed by atoms with Crippen molar-refractivity contribution in [2.45, 2.75) is 32.1 Å². The zero-order valence-electron chi connectivity index (χ0n) is 10.2. The van der Waals surface area contributed by atoms with Gasteiger partial charge in [0.25, 0.3) is 0 Å². The molecule has 1 aromatic carbocycles. The molecular formula is C15H16BrFO. The molecule has 1 nitrogen and oxygen atoms in total. The summed E-state index contributed by atoms with van der Waals surface area (Å²) < 4.78 is 14.0. The zero-order chi connectivity index (χ0) is 12.7. The molecule has 0 spiro atoms. The second kappa shape index (κ2) is 4.76. The van der Waals surface area contributed by atoms with Crippen LogP contribution in [0.2, 0.25) is 0 Å². The Hall–Kier alpha value is -0.700. The normalized spacial score (nSPS) is 29.8. The number of ketones is 1. The quantitative estimate of drug-likeness (QED) is 0.820. The monoisotopic (exact) mass is 310 g/mol. The Balaban J connectivity index is 1.70. The summed E-state index contributed by atoms with van der Waals surface area (Å²) >= 11 is 3.27. The van der Waals surface area contributed by atoms with E-state index in [-0.39, 0.29) is 11.7 Å². The molecule has 2 fully saturated rings. The van der Waals surface area contributed by atoms with Crippen LogP contribution in [0.3, 0.4) is 0 Å². The molecule has 0 saturated heterocycles. The van der Waals surface area contributed by atoms with Crippen molar-refractivity contribution < 1.29 is 9.18 Å². The van der Waals surface area contributed by atoms with Crippen LogP contribution in [0.25, 0.3) is 0 Å². The largest absolute Gasteiger partial charge is 0.299 e. The summed E-state index contributed by atoms with van der Waals surface area (Å²) in [7, 11) is 0. The lowest BCUT2D eigenvalue weighted by molar-refractivity contribution is -0.123. The van der Waals surface area contributed by atoms with Gasteiger partial charge in [0.15, 0.2) is 0 Å². The summed E-state index contributed by atoms with van der Waals surface area (Å²) in [5.74, 6) is 1.66. The van der Waals surface area contributed by atoms with E-state index in [0.29, 0.717) is 22.6 Å². The fourth-order valence-corrected chi connectivity index (χ4v) is 4.20. The number of rotatable bonds is 3. The van der Waals surface area contributed by atoms with Crippen LogP contribution in [0.4, 0.5) is 4.39 Å². The first kappa shape index (κ1) is 12.3. The molecule has 0 heterocycles. The molecule has 3 rings (SSSR count). The van der Waals surface area contributed by atoms with Gasteiger partial charge in [-0.25, -0.2) is 4.39 Å². The van der Waals surface area contributed by atoms with Gasteiger partial charge >= 0.3 is 0 Å². The predicted octanol–water partition coefficient (Wildman–Crippen LogP) is 4.14. The molecular weight excluding hydrogens is 295 g/mol. The molecule has 3 heteroatoms. The van der Waals surface area contributed by atoms with E-state index in [9.17, 15) is 9.18 Å². The standard InChI is InChI=1S/C15H16BrFO/c16-12-4-10(5-13(17)8-12)7-15(18)14-6-9-1-2-11(14)3-9/h4-5,8-9,11,14H,1-3,6-7H2. The molecule has 1 aromatic rings. The van der Waals surface area contributed by atoms with Crippen LogP contribution in [0.5, 0.6) is 0 Å². The van der Waals surface area contributed by atoms with E-state index in [1.165, 1.54) is 31.4 Å². The first-order valence-corrected chi connectivity index (χ1v) is 7.39. The van der Waals surface area contributed by atoms with E-state index < -0.39 is 0 Å². The van der Waals surface area contributed by atoms with Gasteiger partial charge in [0.05, 0.1) is 0 Å². The molecule has 2 aliphatic rings. The molecule has 96 valence electrons. The summed E-state index contributed by atoms with van der Waals surface area (Å²) in [4.78, 5) is 12.3. The molecule has 3 atom stereocenters. The average Bonchev–Trinajstić information content (AvgIpc) is 2.88. The van der Waals surface area contributed by atoms with Crippen molar-refractivity contribution in [3.8, 4) is 0 Å². The lowest BCUT2D eigenvalue weighted by atomic mass is 9.83. The zero-order valence-corrected chi connectivity index (χ0v) is 11.7. The van der Waals surface area contributed by atoms with E-state index in [2.05, 4.69) is 15.9 Å². The highest BCUT2D eigenvalue weighted by atomic mass is 79.9. The van der Waals surface area contributed by atoms with Crippen LogP contribution in [0, 0.1) is 23.6 Å². The second-order valence-corrected chi connectivity index (χ2v) is 6.62. The van der Waals surface area contributed by atoms with Crippen LogP contribution in [0.1, 0.15) is 31.2 Å². The third-order valence-electron chi connectivity index (χ3n) is 4.45. The van der Waals surface area contributed by atoms with Gasteiger partial charge in [0.2, 0.25) is 0 Å². The highest BCUT2D eigenvalue weighted by molar-refractivity contribution is 9.10. The Labute approximate surface area is 115 Å². The van der Waals surface area contributed by atoms with Crippen LogP contribution in [0.15, 0.2) is 22.7 Å². The Morgan fingerprint density at radius 1 is 1.28 bits per heavy atom. The van der Waals surface area contributed by atoms with Crippen LogP contribution in [-0.2, 0) is 11.2 Å². The van der Waals surface area contributed by atoms with E-state index in [0.717, 1.165) is 17.9 Å². The van der Waals surface area contributed by atoms with Gasteiger partial charge in [0, 0.05) is 16.8 Å². The van der Waals surface area contributed by atoms with Gasteiger partial charge in [-0.3, -0.25) is 4.79 Å². The number of hydrogen-bond donors (Lipinski definition) is 0. The molecule has 0 amide bonds. The third-order valence-corrected chi connectivity index (χ3v) is 4.91. The fourth-order valence-electron chi connectivity index (χ4n) is 3.68. The van der Waals surface area contributed by atoms with Crippen LogP contribution >= 0.6 is 15.9 Å². The molecule has 3 unspecified atom stereocenters. The van der Waals surface area contributed by atoms with Crippen molar-refractivity contribution in [2.75, 3.05) is 0 Å². The number of halogens is 2. The number of Topliss-reactive ketones (excluding diaryl/α,β-unsaturated/α-hetero) is 1. The van der Waals surface area contributed by atoms with E-state index in [4.69, 9.17) is 0 Å². The maximum atomic E-state index is 13.3. The fraction of sp³-hybridized carbons (Fsp3) is 0.533. The molecule has 0 radical (unpaired) electrons. The lowest BCUT2D eigenvalue weighted by Crippen LogP contribution is -2.22. The number of carbonyl (C=O) groups excluding carboxylic acids is 1. The van der Waals surface area contributed by atoms with Crippen LogP contribution < -0.4 is 0 Å².